The van der Waals surface area contributed by atoms with Gasteiger partial charge in [-0.1, -0.05) is 30.1 Å². The Hall–Kier alpha value is -2.72. The van der Waals surface area contributed by atoms with Gasteiger partial charge in [0.05, 0.1) is 33.2 Å². The fraction of sp³-hybridized carbons (Fsp3) is 0.0625. The molecule has 5 N–H and O–H groups in total. The Kier molecular flexibility index (Phi) is 6.87. The van der Waals surface area contributed by atoms with Crippen LogP contribution in [0.25, 0.3) is 0 Å². The van der Waals surface area contributed by atoms with E-state index in [1.807, 2.05) is 0 Å². The van der Waals surface area contributed by atoms with Crippen LogP contribution in [0, 0.1) is 5.82 Å². The van der Waals surface area contributed by atoms with Crippen LogP contribution >= 0.6 is 23.5 Å². The highest BCUT2D eigenvalue weighted by Gasteiger charge is 2.18. The summed E-state index contributed by atoms with van der Waals surface area (Å²) in [6.07, 6.45) is 4.15. The number of nitrogen functional groups attached to an aromatic ring is 1. The summed E-state index contributed by atoms with van der Waals surface area (Å²) in [6, 6.07) is 4.84. The van der Waals surface area contributed by atoms with Crippen molar-refractivity contribution in [2.75, 3.05) is 18.2 Å². The molecule has 0 fully saturated rings. The molecule has 0 bridgehead atoms. The quantitative estimate of drug-likeness (QED) is 0.482. The van der Waals surface area contributed by atoms with Crippen LogP contribution < -0.4 is 16.8 Å². The predicted molar refractivity (Wildman–Crippen MR) is 103 cm³/mol. The summed E-state index contributed by atoms with van der Waals surface area (Å²) < 4.78 is 19.5. The molecular formula is C16H16FN5O2S2. The van der Waals surface area contributed by atoms with Crippen LogP contribution in [0.4, 0.5) is 15.9 Å². The van der Waals surface area contributed by atoms with Crippen LogP contribution in [-0.4, -0.2) is 23.0 Å². The minimum Gasteiger partial charge on any atom is -0.464 e. The van der Waals surface area contributed by atoms with Crippen LogP contribution in [-0.2, 0) is 4.74 Å². The Balaban J connectivity index is 2.07. The number of hydrogen-bond acceptors (Lipinski definition) is 9. The zero-order chi connectivity index (χ0) is 19.1. The number of ether oxygens (including phenoxy) is 1. The van der Waals surface area contributed by atoms with Gasteiger partial charge >= 0.3 is 5.97 Å². The third-order valence-electron chi connectivity index (χ3n) is 2.86. The van der Waals surface area contributed by atoms with E-state index in [9.17, 15) is 9.18 Å². The Morgan fingerprint density at radius 3 is 2.77 bits per heavy atom. The average molecular weight is 393 g/mol. The van der Waals surface area contributed by atoms with Gasteiger partial charge in [-0.25, -0.2) is 19.2 Å². The fourth-order valence-electron chi connectivity index (χ4n) is 1.71. The molecule has 0 unspecified atom stereocenters. The lowest BCUT2D eigenvalue weighted by molar-refractivity contribution is 0.0587. The first-order valence-electron chi connectivity index (χ1n) is 7.12. The zero-order valence-electron chi connectivity index (χ0n) is 13.7. The van der Waals surface area contributed by atoms with Gasteiger partial charge in [0.15, 0.2) is 11.5 Å². The summed E-state index contributed by atoms with van der Waals surface area (Å²) in [5, 5.41) is 3.51. The van der Waals surface area contributed by atoms with Crippen molar-refractivity contribution in [2.45, 2.75) is 4.90 Å². The van der Waals surface area contributed by atoms with Gasteiger partial charge in [0, 0.05) is 12.4 Å². The topological polar surface area (TPSA) is 116 Å². The van der Waals surface area contributed by atoms with Crippen LogP contribution in [0.3, 0.4) is 0 Å². The van der Waals surface area contributed by atoms with Crippen LogP contribution in [0.2, 0.25) is 0 Å². The summed E-state index contributed by atoms with van der Waals surface area (Å²) in [6.45, 7) is 3.87. The molecule has 0 aromatic carbocycles. The van der Waals surface area contributed by atoms with E-state index in [4.69, 9.17) is 11.5 Å². The molecule has 2 aromatic rings. The maximum absolute atomic E-state index is 14.4. The second kappa shape index (κ2) is 9.11. The number of anilines is 2. The van der Waals surface area contributed by atoms with Gasteiger partial charge in [-0.3, -0.25) is 0 Å². The van der Waals surface area contributed by atoms with Crippen molar-refractivity contribution in [2.24, 2.45) is 5.73 Å². The van der Waals surface area contributed by atoms with Crippen LogP contribution in [0.5, 0.6) is 0 Å². The third-order valence-corrected chi connectivity index (χ3v) is 4.92. The number of pyridine rings is 2. The molecule has 0 aliphatic heterocycles. The number of methoxy groups -OCH3 is 1. The molecule has 0 radical (unpaired) electrons. The van der Waals surface area contributed by atoms with Gasteiger partial charge in [0.1, 0.15) is 5.82 Å². The molecule has 2 aromatic heterocycles. The minimum atomic E-state index is -0.851. The van der Waals surface area contributed by atoms with Crippen molar-refractivity contribution in [3.05, 3.63) is 64.1 Å². The molecular weight excluding hydrogens is 377 g/mol. The molecule has 0 amide bonds. The zero-order valence-corrected chi connectivity index (χ0v) is 15.4. The van der Waals surface area contributed by atoms with E-state index in [0.717, 1.165) is 18.9 Å². The number of halogens is 1. The maximum Gasteiger partial charge on any atom is 0.359 e. The number of carbonyl (C=O) groups is 1. The second-order valence-corrected chi connectivity index (χ2v) is 7.16. The molecule has 0 saturated carbocycles. The van der Waals surface area contributed by atoms with Gasteiger partial charge in [-0.2, -0.15) is 0 Å². The fourth-order valence-corrected chi connectivity index (χ4v) is 3.51. The number of carbonyl (C=O) groups excluding carboxylic acids is 1. The lowest BCUT2D eigenvalue weighted by atomic mass is 10.3. The van der Waals surface area contributed by atoms with Gasteiger partial charge in [-0.15, -0.1) is 0 Å². The Labute approximate surface area is 158 Å². The van der Waals surface area contributed by atoms with Crippen LogP contribution in [0.1, 0.15) is 10.5 Å². The largest absolute Gasteiger partial charge is 0.464 e. The predicted octanol–water partition coefficient (Wildman–Crippen LogP) is 3.15. The van der Waals surface area contributed by atoms with Crippen molar-refractivity contribution >= 4 is 41.0 Å². The number of nitrogens with one attached hydrogen (secondary N) is 1. The summed E-state index contributed by atoms with van der Waals surface area (Å²) in [5.41, 5.74) is 11.4. The average Bonchev–Trinajstić information content (AvgIpc) is 2.64. The molecule has 26 heavy (non-hydrogen) atoms. The van der Waals surface area contributed by atoms with Gasteiger partial charge in [-0.05, 0) is 18.2 Å². The van der Waals surface area contributed by atoms with Gasteiger partial charge in [0.25, 0.3) is 0 Å². The highest BCUT2D eigenvalue weighted by molar-refractivity contribution is 8.24. The Bertz CT molecular complexity index is 843. The van der Waals surface area contributed by atoms with E-state index in [1.54, 1.807) is 12.1 Å². The first-order chi connectivity index (χ1) is 12.4. The lowest BCUT2D eigenvalue weighted by Gasteiger charge is -2.11. The smallest absolute Gasteiger partial charge is 0.359 e. The van der Waals surface area contributed by atoms with E-state index in [-0.39, 0.29) is 10.6 Å². The maximum atomic E-state index is 14.4. The molecule has 136 valence electrons. The molecule has 2 heterocycles. The van der Waals surface area contributed by atoms with Gasteiger partial charge < -0.3 is 21.5 Å². The number of aromatic nitrogens is 2. The number of nitrogens with two attached hydrogens (primary N) is 2. The first kappa shape index (κ1) is 19.6. The number of thioether (sulfide) groups is 2. The molecule has 2 rings (SSSR count). The minimum absolute atomic E-state index is 0.183. The molecule has 7 nitrogen and oxygen atoms in total. The Morgan fingerprint density at radius 2 is 2.15 bits per heavy atom. The number of nitrogens with zero attached hydrogens (tertiary/aromatic N) is 2. The monoisotopic (exact) mass is 393 g/mol. The number of hydrogen-bond donors (Lipinski definition) is 3. The molecule has 10 heteroatoms. The first-order valence-corrected chi connectivity index (χ1v) is 8.75. The van der Waals surface area contributed by atoms with E-state index in [2.05, 4.69) is 26.6 Å². The SMILES string of the molecule is C=C(Nc1ccc(N)cn1)S/C(=C\N)Sc1ccnc(C(=O)OC)c1F. The molecule has 0 saturated heterocycles. The lowest BCUT2D eigenvalue weighted by Crippen LogP contribution is -2.08. The highest BCUT2D eigenvalue weighted by atomic mass is 32.2. The summed E-state index contributed by atoms with van der Waals surface area (Å²) >= 11 is 2.22. The molecule has 0 spiro atoms. The Morgan fingerprint density at radius 1 is 1.38 bits per heavy atom. The van der Waals surface area contributed by atoms with E-state index in [0.29, 0.717) is 20.8 Å². The standard InChI is InChI=1S/C16H16FN5O2S2/c1-9(22-12-4-3-10(19)8-21-12)25-13(7-18)26-11-5-6-20-15(14(11)17)16(23)24-2/h3-8H,1,18-19H2,2H3,(H,21,22)/b13-7+. The summed E-state index contributed by atoms with van der Waals surface area (Å²) in [4.78, 5) is 19.5. The summed E-state index contributed by atoms with van der Waals surface area (Å²) in [5.74, 6) is -1.07. The number of rotatable bonds is 7. The van der Waals surface area contributed by atoms with Gasteiger partial charge in [0.2, 0.25) is 0 Å². The van der Waals surface area contributed by atoms with E-state index < -0.39 is 11.8 Å². The number of esters is 1. The van der Waals surface area contributed by atoms with Crippen molar-refractivity contribution < 1.29 is 13.9 Å². The van der Waals surface area contributed by atoms with E-state index >= 15 is 0 Å². The molecule has 0 aliphatic rings. The van der Waals surface area contributed by atoms with Crippen molar-refractivity contribution in [3.8, 4) is 0 Å². The highest BCUT2D eigenvalue weighted by Crippen LogP contribution is 2.39. The normalized spacial score (nSPS) is 11.1. The van der Waals surface area contributed by atoms with Crippen molar-refractivity contribution in [1.82, 2.24) is 9.97 Å². The van der Waals surface area contributed by atoms with Crippen molar-refractivity contribution in [1.29, 1.82) is 0 Å². The second-order valence-electron chi connectivity index (χ2n) is 4.68. The summed E-state index contributed by atoms with van der Waals surface area (Å²) in [7, 11) is 1.16. The third kappa shape index (κ3) is 5.14. The molecule has 0 atom stereocenters. The van der Waals surface area contributed by atoms with Crippen molar-refractivity contribution in [3.63, 3.8) is 0 Å². The van der Waals surface area contributed by atoms with Crippen LogP contribution in [0.15, 0.2) is 57.5 Å². The van der Waals surface area contributed by atoms with E-state index in [1.165, 1.54) is 36.4 Å². The molecule has 0 aliphatic carbocycles.